The lowest BCUT2D eigenvalue weighted by Gasteiger charge is -2.41. The number of fused-ring (bicyclic) bond motifs is 5. The Kier molecular flexibility index (Phi) is 4.02. The van der Waals surface area contributed by atoms with Gasteiger partial charge < -0.3 is 25.4 Å². The van der Waals surface area contributed by atoms with Crippen LogP contribution in [0.15, 0.2) is 47.8 Å². The maximum Gasteiger partial charge on any atom is 0.244 e. The van der Waals surface area contributed by atoms with Crippen LogP contribution in [0.25, 0.3) is 5.70 Å². The SMILES string of the molecule is COc1cc2c(cc1OC)C1=CC3(C(=O)Nc4ccc(C)cc43)C(C#N)=C(N)N1CC2. The van der Waals surface area contributed by atoms with Crippen LogP contribution in [0.2, 0.25) is 0 Å². The Hall–Kier alpha value is -3.92. The Morgan fingerprint density at radius 1 is 1.19 bits per heavy atom. The summed E-state index contributed by atoms with van der Waals surface area (Å²) >= 11 is 0. The van der Waals surface area contributed by atoms with Gasteiger partial charge in [0.2, 0.25) is 5.91 Å². The maximum atomic E-state index is 13.4. The van der Waals surface area contributed by atoms with E-state index in [2.05, 4.69) is 11.4 Å². The number of aryl methyl sites for hydroxylation is 1. The molecule has 1 amide bonds. The van der Waals surface area contributed by atoms with E-state index in [-0.39, 0.29) is 11.5 Å². The number of hydrogen-bond donors (Lipinski definition) is 2. The fourth-order valence-electron chi connectivity index (χ4n) is 4.86. The third kappa shape index (κ3) is 2.42. The summed E-state index contributed by atoms with van der Waals surface area (Å²) in [5, 5.41) is 13.0. The smallest absolute Gasteiger partial charge is 0.244 e. The molecular weight excluding hydrogens is 392 g/mol. The van der Waals surface area contributed by atoms with Crippen molar-refractivity contribution in [1.82, 2.24) is 4.90 Å². The predicted molar refractivity (Wildman–Crippen MR) is 116 cm³/mol. The van der Waals surface area contributed by atoms with Crippen LogP contribution >= 0.6 is 0 Å². The molecule has 0 aromatic heterocycles. The molecule has 7 heteroatoms. The minimum atomic E-state index is -1.27. The van der Waals surface area contributed by atoms with E-state index in [1.54, 1.807) is 14.2 Å². The van der Waals surface area contributed by atoms with Crippen molar-refractivity contribution in [2.24, 2.45) is 5.73 Å². The van der Waals surface area contributed by atoms with Gasteiger partial charge in [-0.2, -0.15) is 5.26 Å². The highest BCUT2D eigenvalue weighted by molar-refractivity contribution is 6.12. The Bertz CT molecular complexity index is 1250. The normalized spacial score (nSPS) is 21.0. The molecule has 1 atom stereocenters. The molecule has 0 saturated carbocycles. The molecule has 0 bridgehead atoms. The van der Waals surface area contributed by atoms with Crippen LogP contribution in [-0.2, 0) is 16.6 Å². The number of carbonyl (C=O) groups is 1. The molecule has 0 radical (unpaired) electrons. The Morgan fingerprint density at radius 2 is 1.94 bits per heavy atom. The number of hydrogen-bond acceptors (Lipinski definition) is 6. The van der Waals surface area contributed by atoms with Crippen molar-refractivity contribution < 1.29 is 14.3 Å². The van der Waals surface area contributed by atoms with E-state index in [9.17, 15) is 10.1 Å². The lowest BCUT2D eigenvalue weighted by atomic mass is 9.71. The first kappa shape index (κ1) is 19.1. The molecule has 3 heterocycles. The van der Waals surface area contributed by atoms with E-state index in [1.807, 2.05) is 48.2 Å². The average Bonchev–Trinajstić information content (AvgIpc) is 3.04. The zero-order valence-corrected chi connectivity index (χ0v) is 17.6. The van der Waals surface area contributed by atoms with Crippen LogP contribution in [0.3, 0.4) is 0 Å². The van der Waals surface area contributed by atoms with Gasteiger partial charge >= 0.3 is 0 Å². The fraction of sp³-hybridized carbons (Fsp3) is 0.250. The van der Waals surface area contributed by atoms with E-state index >= 15 is 0 Å². The summed E-state index contributed by atoms with van der Waals surface area (Å²) in [5.74, 6) is 1.29. The molecule has 7 nitrogen and oxygen atoms in total. The third-order valence-corrected chi connectivity index (χ3v) is 6.39. The van der Waals surface area contributed by atoms with Crippen LogP contribution in [0.4, 0.5) is 5.69 Å². The van der Waals surface area contributed by atoms with Crippen molar-refractivity contribution in [2.45, 2.75) is 18.8 Å². The number of anilines is 1. The number of rotatable bonds is 2. The molecule has 31 heavy (non-hydrogen) atoms. The van der Waals surface area contributed by atoms with Crippen LogP contribution < -0.4 is 20.5 Å². The van der Waals surface area contributed by atoms with Crippen LogP contribution in [-0.4, -0.2) is 31.6 Å². The number of ether oxygens (including phenoxy) is 2. The number of nitrogens with two attached hydrogens (primary N) is 1. The minimum Gasteiger partial charge on any atom is -0.493 e. The molecule has 1 spiro atoms. The number of amides is 1. The molecule has 3 aliphatic rings. The summed E-state index contributed by atoms with van der Waals surface area (Å²) in [6.45, 7) is 2.56. The molecular formula is C24H22N4O3. The van der Waals surface area contributed by atoms with Crippen molar-refractivity contribution in [3.8, 4) is 17.6 Å². The van der Waals surface area contributed by atoms with Gasteiger partial charge in [0.05, 0.1) is 19.8 Å². The second-order valence-corrected chi connectivity index (χ2v) is 7.98. The van der Waals surface area contributed by atoms with Gasteiger partial charge in [-0.05, 0) is 43.2 Å². The standard InChI is InChI=1S/C24H22N4O3/c1-13-4-5-18-16(8-13)24(23(29)27-18)11-19-15-10-21(31-3)20(30-2)9-14(15)6-7-28(19)22(26)17(24)12-25/h4-5,8-11H,6-7,26H2,1-3H3,(H,27,29). The molecule has 5 rings (SSSR count). The van der Waals surface area contributed by atoms with Crippen molar-refractivity contribution in [2.75, 3.05) is 26.1 Å². The number of nitrogens with one attached hydrogen (secondary N) is 1. The van der Waals surface area contributed by atoms with Crippen LogP contribution in [0.5, 0.6) is 11.5 Å². The van der Waals surface area contributed by atoms with Crippen molar-refractivity contribution >= 4 is 17.3 Å². The molecule has 0 fully saturated rings. The maximum absolute atomic E-state index is 13.4. The van der Waals surface area contributed by atoms with E-state index in [0.29, 0.717) is 29.6 Å². The van der Waals surface area contributed by atoms with Crippen molar-refractivity contribution in [3.05, 3.63) is 70.1 Å². The molecule has 2 aromatic rings. The summed E-state index contributed by atoms with van der Waals surface area (Å²) in [4.78, 5) is 15.3. The van der Waals surface area contributed by atoms with Crippen molar-refractivity contribution in [3.63, 3.8) is 0 Å². The zero-order chi connectivity index (χ0) is 21.9. The van der Waals surface area contributed by atoms with Gasteiger partial charge in [-0.25, -0.2) is 0 Å². The number of nitrogens with zero attached hydrogens (tertiary/aromatic N) is 2. The second-order valence-electron chi connectivity index (χ2n) is 7.98. The highest BCUT2D eigenvalue weighted by Gasteiger charge is 2.53. The summed E-state index contributed by atoms with van der Waals surface area (Å²) in [7, 11) is 3.20. The van der Waals surface area contributed by atoms with Gasteiger partial charge in [-0.1, -0.05) is 17.7 Å². The molecule has 0 aliphatic carbocycles. The summed E-state index contributed by atoms with van der Waals surface area (Å²) in [6, 6.07) is 11.9. The minimum absolute atomic E-state index is 0.252. The highest BCUT2D eigenvalue weighted by Crippen LogP contribution is 2.51. The van der Waals surface area contributed by atoms with Crippen LogP contribution in [0.1, 0.15) is 22.3 Å². The summed E-state index contributed by atoms with van der Waals surface area (Å²) < 4.78 is 11.0. The molecule has 3 N–H and O–H groups in total. The number of benzene rings is 2. The highest BCUT2D eigenvalue weighted by atomic mass is 16.5. The molecule has 1 unspecified atom stereocenters. The molecule has 156 valence electrons. The Balaban J connectivity index is 1.81. The van der Waals surface area contributed by atoms with Gasteiger partial charge in [-0.3, -0.25) is 4.79 Å². The quantitative estimate of drug-likeness (QED) is 0.784. The lowest BCUT2D eigenvalue weighted by molar-refractivity contribution is -0.118. The predicted octanol–water partition coefficient (Wildman–Crippen LogP) is 2.81. The number of nitriles is 1. The van der Waals surface area contributed by atoms with Gasteiger partial charge in [0.15, 0.2) is 11.5 Å². The second kappa shape index (κ2) is 6.54. The first-order valence-electron chi connectivity index (χ1n) is 10.0. The first-order chi connectivity index (χ1) is 14.9. The summed E-state index contributed by atoms with van der Waals surface area (Å²) in [5.41, 5.74) is 10.8. The van der Waals surface area contributed by atoms with Crippen molar-refractivity contribution in [1.29, 1.82) is 5.26 Å². The van der Waals surface area contributed by atoms with Gasteiger partial charge in [0.1, 0.15) is 17.3 Å². The Morgan fingerprint density at radius 3 is 2.65 bits per heavy atom. The van der Waals surface area contributed by atoms with Gasteiger partial charge in [0, 0.05) is 29.1 Å². The molecule has 3 aliphatic heterocycles. The fourth-order valence-corrected chi connectivity index (χ4v) is 4.86. The van der Waals surface area contributed by atoms with E-state index in [4.69, 9.17) is 15.2 Å². The largest absolute Gasteiger partial charge is 0.493 e. The van der Waals surface area contributed by atoms with E-state index in [0.717, 1.165) is 34.4 Å². The van der Waals surface area contributed by atoms with Gasteiger partial charge in [0.25, 0.3) is 0 Å². The number of carbonyl (C=O) groups excluding carboxylic acids is 1. The Labute approximate surface area is 180 Å². The topological polar surface area (TPSA) is 101 Å². The monoisotopic (exact) mass is 414 g/mol. The summed E-state index contributed by atoms with van der Waals surface area (Å²) in [6.07, 6.45) is 2.60. The van der Waals surface area contributed by atoms with E-state index in [1.165, 1.54) is 0 Å². The lowest BCUT2D eigenvalue weighted by Crippen LogP contribution is -2.45. The van der Waals surface area contributed by atoms with Gasteiger partial charge in [-0.15, -0.1) is 0 Å². The first-order valence-corrected chi connectivity index (χ1v) is 10.0. The van der Waals surface area contributed by atoms with Crippen LogP contribution in [0, 0.1) is 18.3 Å². The third-order valence-electron chi connectivity index (χ3n) is 6.39. The molecule has 0 saturated heterocycles. The molecule has 2 aromatic carbocycles. The average molecular weight is 414 g/mol. The van der Waals surface area contributed by atoms with E-state index < -0.39 is 5.41 Å². The zero-order valence-electron chi connectivity index (χ0n) is 17.6. The number of methoxy groups -OCH3 is 2.